The Bertz CT molecular complexity index is 395. The summed E-state index contributed by atoms with van der Waals surface area (Å²) in [7, 11) is 1.31. The van der Waals surface area contributed by atoms with Gasteiger partial charge in [0.05, 0.1) is 19.3 Å². The first kappa shape index (κ1) is 12.1. The number of carbonyl (C=O) groups is 1. The summed E-state index contributed by atoms with van der Waals surface area (Å²) in [5, 5.41) is 13.0. The van der Waals surface area contributed by atoms with E-state index in [-0.39, 0.29) is 5.76 Å². The van der Waals surface area contributed by atoms with Gasteiger partial charge in [-0.3, -0.25) is 0 Å². The second-order valence-electron chi connectivity index (χ2n) is 4.44. The van der Waals surface area contributed by atoms with E-state index in [2.05, 4.69) is 10.1 Å². The molecule has 0 bridgehead atoms. The highest BCUT2D eigenvalue weighted by molar-refractivity contribution is 5.86. The normalized spacial score (nSPS) is 17.5. The smallest absolute Gasteiger partial charge is 0.373 e. The van der Waals surface area contributed by atoms with Crippen LogP contribution in [0.2, 0.25) is 0 Å². The van der Waals surface area contributed by atoms with Gasteiger partial charge in [-0.25, -0.2) is 4.79 Å². The Kier molecular flexibility index (Phi) is 3.49. The molecule has 17 heavy (non-hydrogen) atoms. The van der Waals surface area contributed by atoms with Crippen molar-refractivity contribution >= 4 is 5.97 Å². The maximum atomic E-state index is 11.1. The minimum absolute atomic E-state index is 0.201. The molecule has 1 aliphatic carbocycles. The summed E-state index contributed by atoms with van der Waals surface area (Å²) < 4.78 is 9.83. The Balaban J connectivity index is 1.79. The third-order valence-corrected chi connectivity index (χ3v) is 3.09. The zero-order valence-electron chi connectivity index (χ0n) is 9.86. The minimum atomic E-state index is -0.544. The summed E-state index contributed by atoms with van der Waals surface area (Å²) in [6.45, 7) is 1.06. The van der Waals surface area contributed by atoms with E-state index in [0.717, 1.165) is 19.3 Å². The van der Waals surface area contributed by atoms with Crippen molar-refractivity contribution in [3.63, 3.8) is 0 Å². The number of rotatable bonds is 5. The van der Waals surface area contributed by atoms with E-state index < -0.39 is 11.6 Å². The first-order chi connectivity index (χ1) is 8.13. The van der Waals surface area contributed by atoms with Crippen molar-refractivity contribution in [1.29, 1.82) is 0 Å². The van der Waals surface area contributed by atoms with Crippen LogP contribution in [0.25, 0.3) is 0 Å². The molecule has 0 radical (unpaired) electrons. The molecule has 1 heterocycles. The lowest BCUT2D eigenvalue weighted by Gasteiger charge is -2.36. The topological polar surface area (TPSA) is 71.7 Å². The van der Waals surface area contributed by atoms with E-state index in [9.17, 15) is 9.90 Å². The largest absolute Gasteiger partial charge is 0.463 e. The molecule has 1 aliphatic rings. The van der Waals surface area contributed by atoms with Crippen LogP contribution in [0.3, 0.4) is 0 Å². The SMILES string of the molecule is COC(=O)c1ccc(CNCC2(O)CCC2)o1. The summed E-state index contributed by atoms with van der Waals surface area (Å²) in [4.78, 5) is 11.1. The van der Waals surface area contributed by atoms with Crippen LogP contribution in [0.15, 0.2) is 16.5 Å². The highest BCUT2D eigenvalue weighted by Crippen LogP contribution is 2.30. The van der Waals surface area contributed by atoms with Gasteiger partial charge >= 0.3 is 5.97 Å². The Hall–Kier alpha value is -1.33. The van der Waals surface area contributed by atoms with E-state index in [1.165, 1.54) is 7.11 Å². The van der Waals surface area contributed by atoms with Gasteiger partial charge in [-0.1, -0.05) is 0 Å². The third kappa shape index (κ3) is 2.87. The number of hydrogen-bond donors (Lipinski definition) is 2. The lowest BCUT2D eigenvalue weighted by molar-refractivity contribution is -0.0317. The molecule has 1 aromatic heterocycles. The first-order valence-electron chi connectivity index (χ1n) is 5.73. The van der Waals surface area contributed by atoms with Crippen LogP contribution in [0.5, 0.6) is 0 Å². The second-order valence-corrected chi connectivity index (χ2v) is 4.44. The highest BCUT2D eigenvalue weighted by atomic mass is 16.5. The fourth-order valence-corrected chi connectivity index (χ4v) is 1.86. The molecule has 1 saturated carbocycles. The van der Waals surface area contributed by atoms with E-state index in [1.54, 1.807) is 12.1 Å². The van der Waals surface area contributed by atoms with E-state index in [1.807, 2.05) is 0 Å². The van der Waals surface area contributed by atoms with Gasteiger partial charge in [0.15, 0.2) is 0 Å². The van der Waals surface area contributed by atoms with Crippen LogP contribution in [-0.4, -0.2) is 30.3 Å². The van der Waals surface area contributed by atoms with Crippen molar-refractivity contribution in [3.05, 3.63) is 23.7 Å². The van der Waals surface area contributed by atoms with Crippen LogP contribution < -0.4 is 5.32 Å². The maximum absolute atomic E-state index is 11.1. The zero-order valence-corrected chi connectivity index (χ0v) is 9.86. The fourth-order valence-electron chi connectivity index (χ4n) is 1.86. The molecule has 0 aliphatic heterocycles. The van der Waals surface area contributed by atoms with Crippen molar-refractivity contribution in [2.45, 2.75) is 31.4 Å². The van der Waals surface area contributed by atoms with Crippen LogP contribution in [0.1, 0.15) is 35.6 Å². The van der Waals surface area contributed by atoms with Crippen LogP contribution in [-0.2, 0) is 11.3 Å². The zero-order chi connectivity index (χ0) is 12.3. The monoisotopic (exact) mass is 239 g/mol. The molecule has 1 aromatic rings. The predicted molar refractivity (Wildman–Crippen MR) is 60.6 cm³/mol. The number of furan rings is 1. The van der Waals surface area contributed by atoms with E-state index >= 15 is 0 Å². The second kappa shape index (κ2) is 4.89. The van der Waals surface area contributed by atoms with Crippen LogP contribution in [0.4, 0.5) is 0 Å². The number of aliphatic hydroxyl groups is 1. The number of nitrogens with one attached hydrogen (secondary N) is 1. The quantitative estimate of drug-likeness (QED) is 0.752. The Labute approximate surface area is 99.8 Å². The number of ether oxygens (including phenoxy) is 1. The van der Waals surface area contributed by atoms with Gasteiger partial charge in [-0.2, -0.15) is 0 Å². The molecule has 2 rings (SSSR count). The molecule has 0 aromatic carbocycles. The fraction of sp³-hybridized carbons (Fsp3) is 0.583. The molecule has 1 fully saturated rings. The third-order valence-electron chi connectivity index (χ3n) is 3.09. The molecular weight excluding hydrogens is 222 g/mol. The average molecular weight is 239 g/mol. The lowest BCUT2D eigenvalue weighted by atomic mass is 9.80. The van der Waals surface area contributed by atoms with Gasteiger partial charge in [0.1, 0.15) is 5.76 Å². The Morgan fingerprint density at radius 3 is 2.94 bits per heavy atom. The van der Waals surface area contributed by atoms with Crippen molar-refractivity contribution in [1.82, 2.24) is 5.32 Å². The summed E-state index contributed by atoms with van der Waals surface area (Å²) in [5.41, 5.74) is -0.544. The van der Waals surface area contributed by atoms with Crippen molar-refractivity contribution < 1.29 is 19.1 Å². The van der Waals surface area contributed by atoms with Crippen molar-refractivity contribution in [2.24, 2.45) is 0 Å². The number of hydrogen-bond acceptors (Lipinski definition) is 5. The molecular formula is C12H17NO4. The van der Waals surface area contributed by atoms with Crippen LogP contribution in [0, 0.1) is 0 Å². The highest BCUT2D eigenvalue weighted by Gasteiger charge is 2.33. The summed E-state index contributed by atoms with van der Waals surface area (Å²) >= 11 is 0. The molecule has 0 amide bonds. The van der Waals surface area contributed by atoms with Gasteiger partial charge in [0, 0.05) is 6.54 Å². The van der Waals surface area contributed by atoms with Gasteiger partial charge in [0.25, 0.3) is 0 Å². The van der Waals surface area contributed by atoms with Crippen LogP contribution >= 0.6 is 0 Å². The molecule has 5 nitrogen and oxygen atoms in total. The summed E-state index contributed by atoms with van der Waals surface area (Å²) in [6, 6.07) is 3.31. The number of carbonyl (C=O) groups excluding carboxylic acids is 1. The Morgan fingerprint density at radius 1 is 1.59 bits per heavy atom. The molecule has 0 saturated heterocycles. The molecule has 2 N–H and O–H groups in total. The molecule has 0 unspecified atom stereocenters. The molecule has 94 valence electrons. The van der Waals surface area contributed by atoms with Crippen molar-refractivity contribution in [2.75, 3.05) is 13.7 Å². The number of methoxy groups -OCH3 is 1. The standard InChI is InChI=1S/C12H17NO4/c1-16-11(14)10-4-3-9(17-10)7-13-8-12(15)5-2-6-12/h3-4,13,15H,2,5-8H2,1H3. The molecule has 5 heteroatoms. The average Bonchev–Trinajstić information content (AvgIpc) is 2.74. The number of esters is 1. The Morgan fingerprint density at radius 2 is 2.35 bits per heavy atom. The molecule has 0 atom stereocenters. The molecule has 0 spiro atoms. The van der Waals surface area contributed by atoms with E-state index in [4.69, 9.17) is 4.42 Å². The lowest BCUT2D eigenvalue weighted by Crippen LogP contribution is -2.45. The minimum Gasteiger partial charge on any atom is -0.463 e. The summed E-state index contributed by atoms with van der Waals surface area (Å²) in [5.74, 6) is 0.383. The van der Waals surface area contributed by atoms with E-state index in [0.29, 0.717) is 18.8 Å². The maximum Gasteiger partial charge on any atom is 0.373 e. The van der Waals surface area contributed by atoms with Gasteiger partial charge < -0.3 is 19.6 Å². The van der Waals surface area contributed by atoms with Gasteiger partial charge in [0.2, 0.25) is 5.76 Å². The van der Waals surface area contributed by atoms with Gasteiger partial charge in [-0.05, 0) is 31.4 Å². The predicted octanol–water partition coefficient (Wildman–Crippen LogP) is 1.07. The summed E-state index contributed by atoms with van der Waals surface area (Å²) in [6.07, 6.45) is 2.79. The first-order valence-corrected chi connectivity index (χ1v) is 5.73. The van der Waals surface area contributed by atoms with Gasteiger partial charge in [-0.15, -0.1) is 0 Å². The van der Waals surface area contributed by atoms with Crippen molar-refractivity contribution in [3.8, 4) is 0 Å².